The van der Waals surface area contributed by atoms with E-state index in [1.165, 1.54) is 49.2 Å². The van der Waals surface area contributed by atoms with Crippen molar-refractivity contribution in [1.82, 2.24) is 9.13 Å². The molecule has 9 aromatic carbocycles. The molecule has 13 rings (SSSR count). The Morgan fingerprint density at radius 3 is 1.41 bits per heavy atom. The van der Waals surface area contributed by atoms with Crippen LogP contribution in [0, 0.1) is 0 Å². The molecule has 4 heterocycles. The molecule has 270 valence electrons. The number of benzene rings is 9. The minimum absolute atomic E-state index is 0.868. The summed E-state index contributed by atoms with van der Waals surface area (Å²) in [5.41, 5.74) is 15.2. The van der Waals surface area contributed by atoms with Crippen LogP contribution in [0.5, 0.6) is 0 Å². The lowest BCUT2D eigenvalue weighted by molar-refractivity contribution is 0.668. The van der Waals surface area contributed by atoms with Crippen molar-refractivity contribution in [3.05, 3.63) is 194 Å². The van der Waals surface area contributed by atoms with E-state index in [9.17, 15) is 0 Å². The number of para-hydroxylation sites is 3. The third kappa shape index (κ3) is 4.51. The maximum absolute atomic E-state index is 6.52. The van der Waals surface area contributed by atoms with Crippen LogP contribution in [0.15, 0.2) is 203 Å². The molecule has 0 aliphatic heterocycles. The van der Waals surface area contributed by atoms with Crippen LogP contribution >= 0.6 is 0 Å². The number of nitrogens with zero attached hydrogens (tertiary/aromatic N) is 2. The van der Waals surface area contributed by atoms with Crippen molar-refractivity contribution in [2.45, 2.75) is 0 Å². The molecule has 4 heteroatoms. The van der Waals surface area contributed by atoms with Crippen LogP contribution in [-0.4, -0.2) is 9.13 Å². The van der Waals surface area contributed by atoms with Crippen molar-refractivity contribution in [3.8, 4) is 33.6 Å². The van der Waals surface area contributed by atoms with Gasteiger partial charge in [0, 0.05) is 54.5 Å². The normalized spacial score (nSPS) is 12.1. The molecule has 0 radical (unpaired) electrons. The maximum Gasteiger partial charge on any atom is 0.135 e. The van der Waals surface area contributed by atoms with E-state index in [-0.39, 0.29) is 0 Å². The highest BCUT2D eigenvalue weighted by Gasteiger charge is 2.18. The fourth-order valence-electron chi connectivity index (χ4n) is 9.43. The molecule has 0 unspecified atom stereocenters. The molecular formula is C54H32N2O2. The topological polar surface area (TPSA) is 36.1 Å². The molecule has 0 spiro atoms. The molecule has 0 aliphatic carbocycles. The summed E-state index contributed by atoms with van der Waals surface area (Å²) in [6.45, 7) is 0. The highest BCUT2D eigenvalue weighted by molar-refractivity contribution is 6.14. The summed E-state index contributed by atoms with van der Waals surface area (Å²) in [6, 6.07) is 69.7. The number of hydrogen-bond donors (Lipinski definition) is 0. The fraction of sp³-hybridized carbons (Fsp3) is 0. The van der Waals surface area contributed by atoms with Crippen LogP contribution < -0.4 is 0 Å². The first-order valence-corrected chi connectivity index (χ1v) is 19.7. The predicted octanol–water partition coefficient (Wildman–Crippen LogP) is 15.0. The third-order valence-corrected chi connectivity index (χ3v) is 12.1. The minimum Gasteiger partial charge on any atom is -0.456 e. The summed E-state index contributed by atoms with van der Waals surface area (Å²) in [5, 5.41) is 9.34. The second-order valence-electron chi connectivity index (χ2n) is 15.3. The van der Waals surface area contributed by atoms with Crippen molar-refractivity contribution >= 4 is 87.5 Å². The Hall–Kier alpha value is -7.82. The average Bonchev–Trinajstić information content (AvgIpc) is 4.03. The summed E-state index contributed by atoms with van der Waals surface area (Å²) in [5.74, 6) is 0. The van der Waals surface area contributed by atoms with Crippen LogP contribution in [0.2, 0.25) is 0 Å². The Bertz CT molecular complexity index is 3800. The van der Waals surface area contributed by atoms with Crippen LogP contribution in [0.4, 0.5) is 0 Å². The monoisotopic (exact) mass is 740 g/mol. The molecule has 0 saturated heterocycles. The van der Waals surface area contributed by atoms with E-state index in [0.717, 1.165) is 71.9 Å². The second kappa shape index (κ2) is 11.8. The molecule has 58 heavy (non-hydrogen) atoms. The Kier molecular flexibility index (Phi) is 6.41. The first-order valence-electron chi connectivity index (χ1n) is 19.7. The number of rotatable bonds is 4. The molecule has 0 atom stereocenters. The molecule has 4 aromatic heterocycles. The minimum atomic E-state index is 0.868. The van der Waals surface area contributed by atoms with Gasteiger partial charge in [-0.1, -0.05) is 109 Å². The smallest absolute Gasteiger partial charge is 0.135 e. The molecule has 0 aliphatic rings. The molecular weight excluding hydrogens is 709 g/mol. The zero-order valence-corrected chi connectivity index (χ0v) is 31.2. The summed E-state index contributed by atoms with van der Waals surface area (Å²) >= 11 is 0. The largest absolute Gasteiger partial charge is 0.456 e. The first-order chi connectivity index (χ1) is 28.7. The van der Waals surface area contributed by atoms with E-state index in [1.807, 2.05) is 12.1 Å². The van der Waals surface area contributed by atoms with E-state index < -0.39 is 0 Å². The van der Waals surface area contributed by atoms with E-state index in [4.69, 9.17) is 8.83 Å². The fourth-order valence-corrected chi connectivity index (χ4v) is 9.43. The van der Waals surface area contributed by atoms with Gasteiger partial charge in [-0.2, -0.15) is 0 Å². The van der Waals surface area contributed by atoms with Crippen LogP contribution in [-0.2, 0) is 0 Å². The Morgan fingerprint density at radius 1 is 0.241 bits per heavy atom. The number of fused-ring (bicyclic) bond motifs is 12. The quantitative estimate of drug-likeness (QED) is 0.180. The molecule has 4 nitrogen and oxygen atoms in total. The van der Waals surface area contributed by atoms with Crippen molar-refractivity contribution in [2.24, 2.45) is 0 Å². The zero-order chi connectivity index (χ0) is 37.9. The number of aromatic nitrogens is 2. The number of hydrogen-bond acceptors (Lipinski definition) is 2. The molecule has 0 N–H and O–H groups in total. The highest BCUT2D eigenvalue weighted by Crippen LogP contribution is 2.40. The third-order valence-electron chi connectivity index (χ3n) is 12.1. The van der Waals surface area contributed by atoms with Gasteiger partial charge in [0.15, 0.2) is 0 Å². The van der Waals surface area contributed by atoms with E-state index in [2.05, 4.69) is 191 Å². The first kappa shape index (κ1) is 31.4. The van der Waals surface area contributed by atoms with Crippen molar-refractivity contribution in [3.63, 3.8) is 0 Å². The summed E-state index contributed by atoms with van der Waals surface area (Å²) < 4.78 is 17.5. The zero-order valence-electron chi connectivity index (χ0n) is 31.2. The molecule has 0 fully saturated rings. The highest BCUT2D eigenvalue weighted by atomic mass is 16.3. The lowest BCUT2D eigenvalue weighted by atomic mass is 10.0. The summed E-state index contributed by atoms with van der Waals surface area (Å²) in [6.07, 6.45) is 0. The Balaban J connectivity index is 0.989. The van der Waals surface area contributed by atoms with Crippen LogP contribution in [0.25, 0.3) is 121 Å². The average molecular weight is 741 g/mol. The SMILES string of the molecule is c1ccc(-c2ccc3c(c2)c2ccccc2n3-c2ccc3oc4ccc(-n5c6ccccc6c6ccc(-c7ccc8oc9ccccc9c8c7)cc65)cc4c3c2)cc1. The van der Waals surface area contributed by atoms with Crippen molar-refractivity contribution in [2.75, 3.05) is 0 Å². The van der Waals surface area contributed by atoms with Gasteiger partial charge >= 0.3 is 0 Å². The van der Waals surface area contributed by atoms with Crippen molar-refractivity contribution < 1.29 is 8.83 Å². The van der Waals surface area contributed by atoms with Crippen LogP contribution in [0.1, 0.15) is 0 Å². The second-order valence-corrected chi connectivity index (χ2v) is 15.3. The molecule has 0 bridgehead atoms. The predicted molar refractivity (Wildman–Crippen MR) is 241 cm³/mol. The van der Waals surface area contributed by atoms with Gasteiger partial charge in [0.05, 0.1) is 22.1 Å². The van der Waals surface area contributed by atoms with Gasteiger partial charge in [0.1, 0.15) is 22.3 Å². The molecule has 13 aromatic rings. The van der Waals surface area contributed by atoms with Gasteiger partial charge in [-0.05, 0) is 107 Å². The van der Waals surface area contributed by atoms with Gasteiger partial charge in [-0.15, -0.1) is 0 Å². The maximum atomic E-state index is 6.52. The van der Waals surface area contributed by atoms with E-state index in [1.54, 1.807) is 0 Å². The van der Waals surface area contributed by atoms with Crippen molar-refractivity contribution in [1.29, 1.82) is 0 Å². The summed E-state index contributed by atoms with van der Waals surface area (Å²) in [4.78, 5) is 0. The summed E-state index contributed by atoms with van der Waals surface area (Å²) in [7, 11) is 0. The van der Waals surface area contributed by atoms with Gasteiger partial charge in [-0.3, -0.25) is 0 Å². The molecule has 0 saturated carbocycles. The Morgan fingerprint density at radius 2 is 0.690 bits per heavy atom. The van der Waals surface area contributed by atoms with Crippen LogP contribution in [0.3, 0.4) is 0 Å². The lowest BCUT2D eigenvalue weighted by Gasteiger charge is -2.10. The van der Waals surface area contributed by atoms with Gasteiger partial charge < -0.3 is 18.0 Å². The van der Waals surface area contributed by atoms with E-state index in [0.29, 0.717) is 0 Å². The van der Waals surface area contributed by atoms with Gasteiger partial charge in [0.2, 0.25) is 0 Å². The number of furan rings is 2. The van der Waals surface area contributed by atoms with Gasteiger partial charge in [0.25, 0.3) is 0 Å². The van der Waals surface area contributed by atoms with E-state index >= 15 is 0 Å². The standard InChI is InChI=1S/C54H32N2O2/c1-2-10-33(11-3-1)34-19-24-49-43(28-34)40-13-5-8-16-48(40)55(49)37-21-26-53-45(31-37)46-32-38(22-27-54(46)58-53)56-47-15-7-4-12-39(47)41-23-18-36(30-50(41)56)35-20-25-52-44(29-35)42-14-6-9-17-51(42)57-52/h1-32H. The molecule has 0 amide bonds. The van der Waals surface area contributed by atoms with Gasteiger partial charge in [-0.25, -0.2) is 0 Å². The lowest BCUT2D eigenvalue weighted by Crippen LogP contribution is -1.94. The Labute approximate surface area is 332 Å².